The molecular weight excluding hydrogens is 268 g/mol. The first-order chi connectivity index (χ1) is 10.2. The number of hydrogen-bond donors (Lipinski definition) is 2. The highest BCUT2D eigenvalue weighted by Gasteiger charge is 2.18. The highest BCUT2D eigenvalue weighted by atomic mass is 16.2. The van der Waals surface area contributed by atoms with E-state index in [0.29, 0.717) is 5.69 Å². The second-order valence-corrected chi connectivity index (χ2v) is 4.97. The molecule has 2 heterocycles. The summed E-state index contributed by atoms with van der Waals surface area (Å²) < 4.78 is 1.24. The first-order valence-electron chi connectivity index (χ1n) is 6.91. The van der Waals surface area contributed by atoms with Gasteiger partial charge >= 0.3 is 0 Å². The molecular formula is C15H16N4O2. The Kier molecular flexibility index (Phi) is 3.79. The molecule has 2 aromatic rings. The van der Waals surface area contributed by atoms with Crippen LogP contribution in [-0.4, -0.2) is 34.8 Å². The van der Waals surface area contributed by atoms with Gasteiger partial charge in [0.2, 0.25) is 0 Å². The maximum Gasteiger partial charge on any atom is 0.272 e. The molecule has 6 nitrogen and oxygen atoms in total. The molecule has 1 aliphatic rings. The number of benzene rings is 1. The van der Waals surface area contributed by atoms with E-state index in [0.717, 1.165) is 19.5 Å². The van der Waals surface area contributed by atoms with Gasteiger partial charge in [-0.25, -0.2) is 0 Å². The van der Waals surface area contributed by atoms with Gasteiger partial charge in [-0.05, 0) is 31.2 Å². The van der Waals surface area contributed by atoms with Crippen LogP contribution < -0.4 is 16.2 Å². The highest BCUT2D eigenvalue weighted by Crippen LogP contribution is 2.04. The number of para-hydroxylation sites is 1. The summed E-state index contributed by atoms with van der Waals surface area (Å²) >= 11 is 0. The zero-order valence-corrected chi connectivity index (χ0v) is 11.5. The van der Waals surface area contributed by atoms with Gasteiger partial charge in [0, 0.05) is 18.7 Å². The van der Waals surface area contributed by atoms with E-state index in [-0.39, 0.29) is 23.2 Å². The second kappa shape index (κ2) is 5.88. The van der Waals surface area contributed by atoms with Crippen molar-refractivity contribution in [3.8, 4) is 5.69 Å². The second-order valence-electron chi connectivity index (χ2n) is 4.97. The normalized spacial score (nSPS) is 17.6. The third kappa shape index (κ3) is 3.00. The van der Waals surface area contributed by atoms with Crippen LogP contribution >= 0.6 is 0 Å². The molecule has 1 aromatic carbocycles. The summed E-state index contributed by atoms with van der Waals surface area (Å²) in [6.45, 7) is 1.67. The summed E-state index contributed by atoms with van der Waals surface area (Å²) in [5.41, 5.74) is 0.616. The Morgan fingerprint density at radius 1 is 1.24 bits per heavy atom. The molecule has 0 aliphatic carbocycles. The fourth-order valence-corrected chi connectivity index (χ4v) is 2.32. The molecule has 0 spiro atoms. The van der Waals surface area contributed by atoms with Crippen LogP contribution in [0, 0.1) is 0 Å². The minimum Gasteiger partial charge on any atom is -0.347 e. The van der Waals surface area contributed by atoms with E-state index in [9.17, 15) is 9.59 Å². The average molecular weight is 284 g/mol. The highest BCUT2D eigenvalue weighted by molar-refractivity contribution is 5.92. The molecule has 1 amide bonds. The number of hydrogen-bond acceptors (Lipinski definition) is 4. The zero-order chi connectivity index (χ0) is 14.7. The van der Waals surface area contributed by atoms with Crippen molar-refractivity contribution in [1.82, 2.24) is 20.4 Å². The number of rotatable bonds is 3. The first kappa shape index (κ1) is 13.5. The number of carbonyl (C=O) groups excluding carboxylic acids is 1. The van der Waals surface area contributed by atoms with E-state index in [1.54, 1.807) is 12.1 Å². The molecule has 0 radical (unpaired) electrons. The van der Waals surface area contributed by atoms with E-state index in [1.165, 1.54) is 16.8 Å². The number of nitrogens with zero attached hydrogens (tertiary/aromatic N) is 2. The fraction of sp³-hybridized carbons (Fsp3) is 0.267. The van der Waals surface area contributed by atoms with Crippen LogP contribution in [0.5, 0.6) is 0 Å². The fourth-order valence-electron chi connectivity index (χ4n) is 2.32. The number of carbonyl (C=O) groups is 1. The molecule has 1 unspecified atom stereocenters. The summed E-state index contributed by atoms with van der Waals surface area (Å²) in [6.07, 6.45) is 0.907. The molecule has 1 atom stereocenters. The van der Waals surface area contributed by atoms with Gasteiger partial charge in [-0.15, -0.1) is 0 Å². The average Bonchev–Trinajstić information content (AvgIpc) is 3.01. The maximum absolute atomic E-state index is 12.2. The molecule has 0 bridgehead atoms. The van der Waals surface area contributed by atoms with Crippen molar-refractivity contribution >= 4 is 5.91 Å². The van der Waals surface area contributed by atoms with Crippen LogP contribution in [0.15, 0.2) is 47.3 Å². The zero-order valence-electron chi connectivity index (χ0n) is 11.5. The topological polar surface area (TPSA) is 76.0 Å². The molecule has 1 aromatic heterocycles. The third-order valence-corrected chi connectivity index (χ3v) is 3.43. The van der Waals surface area contributed by atoms with Crippen LogP contribution in [0.2, 0.25) is 0 Å². The quantitative estimate of drug-likeness (QED) is 0.851. The molecule has 0 saturated carbocycles. The van der Waals surface area contributed by atoms with Crippen molar-refractivity contribution in [2.24, 2.45) is 0 Å². The lowest BCUT2D eigenvalue weighted by Crippen LogP contribution is -2.37. The van der Waals surface area contributed by atoms with Crippen LogP contribution in [0.3, 0.4) is 0 Å². The summed E-state index contributed by atoms with van der Waals surface area (Å²) in [5, 5.41) is 10.3. The largest absolute Gasteiger partial charge is 0.347 e. The van der Waals surface area contributed by atoms with E-state index < -0.39 is 0 Å². The molecule has 108 valence electrons. The molecule has 1 fully saturated rings. The predicted octanol–water partition coefficient (Wildman–Crippen LogP) is 0.324. The van der Waals surface area contributed by atoms with Gasteiger partial charge in [0.15, 0.2) is 0 Å². The Morgan fingerprint density at radius 3 is 2.76 bits per heavy atom. The van der Waals surface area contributed by atoms with E-state index in [4.69, 9.17) is 0 Å². The first-order valence-corrected chi connectivity index (χ1v) is 6.91. The molecule has 6 heteroatoms. The molecule has 2 N–H and O–H groups in total. The predicted molar refractivity (Wildman–Crippen MR) is 78.6 cm³/mol. The van der Waals surface area contributed by atoms with Crippen LogP contribution in [0.4, 0.5) is 0 Å². The van der Waals surface area contributed by atoms with Crippen molar-refractivity contribution in [1.29, 1.82) is 0 Å². The van der Waals surface area contributed by atoms with E-state index in [2.05, 4.69) is 15.7 Å². The standard InChI is InChI=1S/C15H16N4O2/c20-14-7-6-13(15(21)17-11-8-9-16-10-11)18-19(14)12-4-2-1-3-5-12/h1-7,11,16H,8-10H2,(H,17,21). The Bertz CT molecular complexity index is 690. The number of nitrogens with one attached hydrogen (secondary N) is 2. The maximum atomic E-state index is 12.2. The summed E-state index contributed by atoms with van der Waals surface area (Å²) in [5.74, 6) is -0.256. The lowest BCUT2D eigenvalue weighted by molar-refractivity contribution is 0.0933. The Balaban J connectivity index is 1.87. The monoisotopic (exact) mass is 284 g/mol. The van der Waals surface area contributed by atoms with Crippen molar-refractivity contribution in [2.75, 3.05) is 13.1 Å². The summed E-state index contributed by atoms with van der Waals surface area (Å²) in [7, 11) is 0. The molecule has 1 saturated heterocycles. The van der Waals surface area contributed by atoms with Gasteiger partial charge in [0.1, 0.15) is 5.69 Å². The van der Waals surface area contributed by atoms with Crippen molar-refractivity contribution in [2.45, 2.75) is 12.5 Å². The van der Waals surface area contributed by atoms with Gasteiger partial charge in [-0.3, -0.25) is 9.59 Å². The van der Waals surface area contributed by atoms with Gasteiger partial charge in [-0.2, -0.15) is 9.78 Å². The lowest BCUT2D eigenvalue weighted by Gasteiger charge is -2.11. The van der Waals surface area contributed by atoms with Gasteiger partial charge in [0.25, 0.3) is 11.5 Å². The van der Waals surface area contributed by atoms with Crippen LogP contribution in [0.25, 0.3) is 5.69 Å². The summed E-state index contributed by atoms with van der Waals surface area (Å²) in [4.78, 5) is 24.1. The Labute approximate surface area is 121 Å². The minimum atomic E-state index is -0.264. The van der Waals surface area contributed by atoms with E-state index in [1.807, 2.05) is 18.2 Å². The van der Waals surface area contributed by atoms with Gasteiger partial charge in [-0.1, -0.05) is 18.2 Å². The van der Waals surface area contributed by atoms with Crippen molar-refractivity contribution in [3.05, 3.63) is 58.5 Å². The summed E-state index contributed by atoms with van der Waals surface area (Å²) in [6, 6.07) is 12.0. The van der Waals surface area contributed by atoms with Gasteiger partial charge < -0.3 is 10.6 Å². The minimum absolute atomic E-state index is 0.122. The Hall–Kier alpha value is -2.47. The Morgan fingerprint density at radius 2 is 2.05 bits per heavy atom. The molecule has 1 aliphatic heterocycles. The lowest BCUT2D eigenvalue weighted by atomic mass is 10.2. The SMILES string of the molecule is O=C(NC1CCNC1)c1ccc(=O)n(-c2ccccc2)n1. The number of aromatic nitrogens is 2. The van der Waals surface area contributed by atoms with E-state index >= 15 is 0 Å². The molecule has 3 rings (SSSR count). The molecule has 21 heavy (non-hydrogen) atoms. The third-order valence-electron chi connectivity index (χ3n) is 3.43. The van der Waals surface area contributed by atoms with Crippen molar-refractivity contribution in [3.63, 3.8) is 0 Å². The van der Waals surface area contributed by atoms with Crippen LogP contribution in [0.1, 0.15) is 16.9 Å². The van der Waals surface area contributed by atoms with Gasteiger partial charge in [0.05, 0.1) is 5.69 Å². The van der Waals surface area contributed by atoms with Crippen LogP contribution in [-0.2, 0) is 0 Å². The number of amides is 1. The smallest absolute Gasteiger partial charge is 0.272 e. The van der Waals surface area contributed by atoms with Crippen molar-refractivity contribution < 1.29 is 4.79 Å².